The van der Waals surface area contributed by atoms with Gasteiger partial charge in [0.2, 0.25) is 11.8 Å². The van der Waals surface area contributed by atoms with Crippen LogP contribution in [0.4, 0.5) is 5.69 Å². The number of carbonyl (C=O) groups is 2. The van der Waals surface area contributed by atoms with Gasteiger partial charge >= 0.3 is 0 Å². The normalized spacial score (nSPS) is 22.0. The summed E-state index contributed by atoms with van der Waals surface area (Å²) in [6.07, 6.45) is 0.698. The number of nitrogens with zero attached hydrogens (tertiary/aromatic N) is 1. The van der Waals surface area contributed by atoms with Crippen LogP contribution in [0, 0.1) is 5.92 Å². The zero-order chi connectivity index (χ0) is 15.4. The highest BCUT2D eigenvalue weighted by Gasteiger charge is 2.26. The average molecular weight is 290 g/mol. The van der Waals surface area contributed by atoms with Crippen molar-refractivity contribution in [3.05, 3.63) is 29.8 Å². The van der Waals surface area contributed by atoms with Crippen molar-refractivity contribution in [3.8, 4) is 0 Å². The van der Waals surface area contributed by atoms with Crippen LogP contribution in [-0.2, 0) is 16.0 Å². The van der Waals surface area contributed by atoms with Crippen LogP contribution < -0.4 is 5.32 Å². The predicted molar refractivity (Wildman–Crippen MR) is 80.8 cm³/mol. The summed E-state index contributed by atoms with van der Waals surface area (Å²) in [4.78, 5) is 25.0. The minimum Gasteiger partial charge on any atom is -0.393 e. The summed E-state index contributed by atoms with van der Waals surface area (Å²) in [7, 11) is 0. The Labute approximate surface area is 125 Å². The van der Waals surface area contributed by atoms with E-state index < -0.39 is 0 Å². The lowest BCUT2D eigenvalue weighted by Crippen LogP contribution is -2.45. The second kappa shape index (κ2) is 6.72. The maximum Gasteiger partial charge on any atom is 0.227 e. The molecule has 2 amide bonds. The Morgan fingerprint density at radius 3 is 2.57 bits per heavy atom. The molecule has 0 aromatic heterocycles. The van der Waals surface area contributed by atoms with E-state index in [1.165, 1.54) is 6.92 Å². The van der Waals surface area contributed by atoms with Gasteiger partial charge in [0.05, 0.1) is 12.5 Å². The van der Waals surface area contributed by atoms with Crippen LogP contribution in [0.25, 0.3) is 0 Å². The van der Waals surface area contributed by atoms with Crippen LogP contribution >= 0.6 is 0 Å². The number of anilines is 1. The molecule has 1 fully saturated rings. The van der Waals surface area contributed by atoms with Crippen LogP contribution in [0.1, 0.15) is 25.8 Å². The van der Waals surface area contributed by atoms with Crippen LogP contribution in [0.2, 0.25) is 0 Å². The summed E-state index contributed by atoms with van der Waals surface area (Å²) in [6, 6.07) is 7.30. The lowest BCUT2D eigenvalue weighted by molar-refractivity contribution is -0.134. The second-order valence-corrected chi connectivity index (χ2v) is 5.73. The van der Waals surface area contributed by atoms with Gasteiger partial charge in [-0.3, -0.25) is 9.59 Å². The molecule has 1 saturated heterocycles. The molecule has 1 aliphatic heterocycles. The molecule has 5 heteroatoms. The number of rotatable bonds is 3. The minimum absolute atomic E-state index is 0.0843. The van der Waals surface area contributed by atoms with E-state index in [4.69, 9.17) is 0 Å². The van der Waals surface area contributed by atoms with Gasteiger partial charge in [0.15, 0.2) is 0 Å². The smallest absolute Gasteiger partial charge is 0.227 e. The highest BCUT2D eigenvalue weighted by atomic mass is 16.3. The second-order valence-electron chi connectivity index (χ2n) is 5.73. The number of hydrogen-bond acceptors (Lipinski definition) is 3. The maximum atomic E-state index is 12.3. The number of aliphatic hydroxyl groups excluding tert-OH is 1. The molecule has 1 aromatic rings. The van der Waals surface area contributed by atoms with E-state index in [2.05, 4.69) is 5.32 Å². The Morgan fingerprint density at radius 1 is 1.33 bits per heavy atom. The number of piperidine rings is 1. The molecule has 0 aliphatic carbocycles. The summed E-state index contributed by atoms with van der Waals surface area (Å²) in [5.41, 5.74) is 1.65. The Hall–Kier alpha value is -1.88. The zero-order valence-corrected chi connectivity index (χ0v) is 12.5. The third-order valence-electron chi connectivity index (χ3n) is 3.84. The molecule has 1 heterocycles. The molecule has 2 unspecified atom stereocenters. The summed E-state index contributed by atoms with van der Waals surface area (Å²) in [5.74, 6) is 0.102. The molecule has 2 N–H and O–H groups in total. The zero-order valence-electron chi connectivity index (χ0n) is 12.5. The number of nitrogens with one attached hydrogen (secondary N) is 1. The first-order valence-corrected chi connectivity index (χ1v) is 7.28. The number of aliphatic hydroxyl groups is 1. The number of carbonyl (C=O) groups excluding carboxylic acids is 2. The van der Waals surface area contributed by atoms with E-state index in [-0.39, 0.29) is 23.8 Å². The van der Waals surface area contributed by atoms with Crippen molar-refractivity contribution in [2.45, 2.75) is 32.8 Å². The molecular formula is C16H22N2O3. The largest absolute Gasteiger partial charge is 0.393 e. The molecule has 0 saturated carbocycles. The molecule has 2 atom stereocenters. The van der Waals surface area contributed by atoms with Gasteiger partial charge in [0.1, 0.15) is 0 Å². The van der Waals surface area contributed by atoms with Gasteiger partial charge in [-0.05, 0) is 30.0 Å². The number of likely N-dealkylation sites (tertiary alicyclic amines) is 1. The van der Waals surface area contributed by atoms with Gasteiger partial charge in [-0.25, -0.2) is 0 Å². The highest BCUT2D eigenvalue weighted by molar-refractivity contribution is 5.88. The number of hydrogen-bond donors (Lipinski definition) is 2. The van der Waals surface area contributed by atoms with Gasteiger partial charge < -0.3 is 15.3 Å². The van der Waals surface area contributed by atoms with E-state index in [9.17, 15) is 14.7 Å². The fraction of sp³-hybridized carbons (Fsp3) is 0.500. The van der Waals surface area contributed by atoms with E-state index in [1.54, 1.807) is 12.1 Å². The van der Waals surface area contributed by atoms with Crippen LogP contribution in [-0.4, -0.2) is 41.0 Å². The van der Waals surface area contributed by atoms with Crippen molar-refractivity contribution in [3.63, 3.8) is 0 Å². The maximum absolute atomic E-state index is 12.3. The number of amides is 2. The fourth-order valence-electron chi connectivity index (χ4n) is 2.56. The van der Waals surface area contributed by atoms with Gasteiger partial charge in [-0.1, -0.05) is 19.1 Å². The van der Waals surface area contributed by atoms with Crippen LogP contribution in [0.15, 0.2) is 24.3 Å². The molecule has 1 aliphatic rings. The Bertz CT molecular complexity index is 513. The summed E-state index contributed by atoms with van der Waals surface area (Å²) >= 11 is 0. The van der Waals surface area contributed by atoms with Gasteiger partial charge in [0, 0.05) is 25.7 Å². The molecular weight excluding hydrogens is 268 g/mol. The van der Waals surface area contributed by atoms with Crippen molar-refractivity contribution < 1.29 is 14.7 Å². The third-order valence-corrected chi connectivity index (χ3v) is 3.84. The van der Waals surface area contributed by atoms with Gasteiger partial charge in [-0.15, -0.1) is 0 Å². The highest BCUT2D eigenvalue weighted by Crippen LogP contribution is 2.18. The predicted octanol–water partition coefficient (Wildman–Crippen LogP) is 1.42. The Morgan fingerprint density at radius 2 is 2.00 bits per heavy atom. The van der Waals surface area contributed by atoms with E-state index >= 15 is 0 Å². The first-order chi connectivity index (χ1) is 9.95. The topological polar surface area (TPSA) is 69.6 Å². The van der Waals surface area contributed by atoms with Crippen molar-refractivity contribution in [2.24, 2.45) is 5.92 Å². The molecule has 0 spiro atoms. The third kappa shape index (κ3) is 4.29. The van der Waals surface area contributed by atoms with E-state index in [0.29, 0.717) is 25.9 Å². The van der Waals surface area contributed by atoms with E-state index in [0.717, 1.165) is 11.3 Å². The lowest BCUT2D eigenvalue weighted by atomic mass is 9.96. The summed E-state index contributed by atoms with van der Waals surface area (Å²) < 4.78 is 0. The molecule has 2 rings (SSSR count). The molecule has 21 heavy (non-hydrogen) atoms. The average Bonchev–Trinajstić information content (AvgIpc) is 2.43. The molecule has 1 aromatic carbocycles. The van der Waals surface area contributed by atoms with E-state index in [1.807, 2.05) is 24.0 Å². The lowest BCUT2D eigenvalue weighted by Gasteiger charge is -2.34. The minimum atomic E-state index is -0.300. The molecule has 0 radical (unpaired) electrons. The van der Waals surface area contributed by atoms with Crippen LogP contribution in [0.3, 0.4) is 0 Å². The fourth-order valence-corrected chi connectivity index (χ4v) is 2.56. The quantitative estimate of drug-likeness (QED) is 0.884. The van der Waals surface area contributed by atoms with Crippen molar-refractivity contribution >= 4 is 17.5 Å². The van der Waals surface area contributed by atoms with Crippen LogP contribution in [0.5, 0.6) is 0 Å². The molecule has 0 bridgehead atoms. The van der Waals surface area contributed by atoms with Crippen molar-refractivity contribution in [1.29, 1.82) is 0 Å². The summed E-state index contributed by atoms with van der Waals surface area (Å²) in [5, 5.41) is 12.4. The standard InChI is InChI=1S/C16H22N2O3/c1-11-10-18(8-7-15(11)20)16(21)9-13-3-5-14(6-4-13)17-12(2)19/h3-6,11,15,20H,7-10H2,1-2H3,(H,17,19). The first-order valence-electron chi connectivity index (χ1n) is 7.28. The summed E-state index contributed by atoms with van der Waals surface area (Å²) in [6.45, 7) is 4.66. The van der Waals surface area contributed by atoms with Crippen molar-refractivity contribution in [2.75, 3.05) is 18.4 Å². The SMILES string of the molecule is CC(=O)Nc1ccc(CC(=O)N2CCC(O)C(C)C2)cc1. The monoisotopic (exact) mass is 290 g/mol. The van der Waals surface area contributed by atoms with Gasteiger partial charge in [-0.2, -0.15) is 0 Å². The van der Waals surface area contributed by atoms with Crippen molar-refractivity contribution in [1.82, 2.24) is 4.90 Å². The number of benzene rings is 1. The molecule has 5 nitrogen and oxygen atoms in total. The van der Waals surface area contributed by atoms with Gasteiger partial charge in [0.25, 0.3) is 0 Å². The Kier molecular flexibility index (Phi) is 4.96. The first kappa shape index (κ1) is 15.5. The molecule has 114 valence electrons. The Balaban J connectivity index is 1.92.